The number of amides is 6. The molecule has 0 bridgehead atoms. The highest BCUT2D eigenvalue weighted by atomic mass is 16.5. The quantitative estimate of drug-likeness (QED) is 0.0758. The molecule has 2 fully saturated rings. The first-order chi connectivity index (χ1) is 32.6. The van der Waals surface area contributed by atoms with Crippen molar-refractivity contribution in [2.45, 2.75) is 56.4 Å². The van der Waals surface area contributed by atoms with Crippen molar-refractivity contribution in [1.82, 2.24) is 25.0 Å². The van der Waals surface area contributed by atoms with Gasteiger partial charge in [0.1, 0.15) is 24.2 Å². The van der Waals surface area contributed by atoms with Crippen molar-refractivity contribution in [2.24, 2.45) is 0 Å². The zero-order chi connectivity index (χ0) is 47.3. The highest BCUT2D eigenvalue weighted by Gasteiger charge is 2.40. The van der Waals surface area contributed by atoms with E-state index in [0.717, 1.165) is 21.8 Å². The molecule has 5 aromatic rings. The maximum atomic E-state index is 14.0. The Kier molecular flexibility index (Phi) is 16.4. The number of carbonyl (C=O) groups excluding carboxylic acids is 6. The summed E-state index contributed by atoms with van der Waals surface area (Å²) in [7, 11) is 4.06. The minimum absolute atomic E-state index is 0.322. The number of nitrogens with zero attached hydrogens (tertiary/aromatic N) is 3. The zero-order valence-electron chi connectivity index (χ0n) is 37.9. The van der Waals surface area contributed by atoms with Gasteiger partial charge in [0.2, 0.25) is 11.8 Å². The molecule has 354 valence electrons. The van der Waals surface area contributed by atoms with E-state index in [0.29, 0.717) is 101 Å². The fourth-order valence-corrected chi connectivity index (χ4v) is 8.72. The number of fused-ring (bicyclic) bond motifs is 3. The predicted octanol–water partition coefficient (Wildman–Crippen LogP) is 5.53. The van der Waals surface area contributed by atoms with Crippen LogP contribution in [-0.2, 0) is 49.4 Å². The second kappa shape index (κ2) is 22.9. The van der Waals surface area contributed by atoms with E-state index in [-0.39, 0.29) is 11.8 Å². The molecule has 4 N–H and O–H groups in total. The molecule has 2 saturated heterocycles. The molecule has 7 rings (SSSR count). The van der Waals surface area contributed by atoms with Crippen molar-refractivity contribution in [2.75, 3.05) is 78.1 Å². The number of methoxy groups -OCH3 is 3. The van der Waals surface area contributed by atoms with E-state index in [9.17, 15) is 28.8 Å². The Morgan fingerprint density at radius 3 is 1.43 bits per heavy atom. The van der Waals surface area contributed by atoms with Gasteiger partial charge in [-0.05, 0) is 61.1 Å². The molecule has 4 aromatic carbocycles. The molecule has 0 aliphatic carbocycles. The van der Waals surface area contributed by atoms with Crippen molar-refractivity contribution < 1.29 is 52.5 Å². The Morgan fingerprint density at radius 1 is 0.567 bits per heavy atom. The predicted molar refractivity (Wildman–Crippen MR) is 249 cm³/mol. The average molecular weight is 920 g/mol. The molecule has 2 aliphatic heterocycles. The summed E-state index contributed by atoms with van der Waals surface area (Å²) in [6.45, 7) is 3.08. The average Bonchev–Trinajstić information content (AvgIpc) is 4.12. The highest BCUT2D eigenvalue weighted by molar-refractivity contribution is 6.11. The van der Waals surface area contributed by atoms with Gasteiger partial charge in [-0.1, -0.05) is 72.8 Å². The van der Waals surface area contributed by atoms with Gasteiger partial charge in [0.15, 0.2) is 0 Å². The summed E-state index contributed by atoms with van der Waals surface area (Å²) >= 11 is 0. The number of benzene rings is 4. The van der Waals surface area contributed by atoms with Crippen LogP contribution in [0.4, 0.5) is 21.0 Å². The van der Waals surface area contributed by atoms with Gasteiger partial charge in [0.05, 0.1) is 58.3 Å². The molecule has 18 nitrogen and oxygen atoms in total. The van der Waals surface area contributed by atoms with Crippen LogP contribution in [0.5, 0.6) is 0 Å². The second-order valence-electron chi connectivity index (χ2n) is 16.2. The maximum absolute atomic E-state index is 14.0. The molecule has 6 amide bonds. The first-order valence-corrected chi connectivity index (χ1v) is 22.3. The highest BCUT2D eigenvalue weighted by Crippen LogP contribution is 2.34. The third kappa shape index (κ3) is 11.5. The molecule has 0 unspecified atom stereocenters. The molecule has 18 heteroatoms. The molecule has 4 atom stereocenters. The molecule has 0 saturated carbocycles. The normalized spacial score (nSPS) is 16.6. The number of carbonyl (C=O) groups is 6. The standard InChI is InChI=1S/C49H57N7O11/c1-63-26-27-67-29-28-66-25-24-54-40-30-34(50-44(57)38-16-10-22-55(38)46(59)42(52-48(61)64-2)32-12-6-4-7-13-32)18-20-36(40)37-21-19-35(31-41(37)54)51-45(58)39-17-11-23-56(39)47(60)43(53-49(62)65-3)33-14-8-5-9-15-33/h4-9,12-15,18-21,30-31,38-39,42-43H,10-11,16-17,22-29H2,1-3H3,(H,50,57)(H,51,58)(H,52,61)(H,53,62)/t38-,39-,42+,43+/m0/s1. The smallest absolute Gasteiger partial charge is 0.407 e. The Labute approximate surface area is 388 Å². The van der Waals surface area contributed by atoms with Gasteiger partial charge in [0.25, 0.3) is 11.8 Å². The minimum atomic E-state index is -1.05. The van der Waals surface area contributed by atoms with Crippen LogP contribution in [0.1, 0.15) is 48.9 Å². The Hall–Kier alpha value is -7.02. The maximum Gasteiger partial charge on any atom is 0.407 e. The zero-order valence-corrected chi connectivity index (χ0v) is 37.9. The Balaban J connectivity index is 1.12. The summed E-state index contributed by atoms with van der Waals surface area (Å²) < 4.78 is 28.3. The van der Waals surface area contributed by atoms with E-state index in [1.807, 2.05) is 48.5 Å². The molecule has 3 heterocycles. The van der Waals surface area contributed by atoms with Gasteiger partial charge < -0.3 is 59.3 Å². The van der Waals surface area contributed by atoms with Crippen molar-refractivity contribution in [3.8, 4) is 0 Å². The van der Waals surface area contributed by atoms with Crippen LogP contribution in [0.25, 0.3) is 21.8 Å². The molecule has 67 heavy (non-hydrogen) atoms. The first kappa shape index (κ1) is 47.9. The Bertz CT molecular complexity index is 2370. The van der Waals surface area contributed by atoms with E-state index in [1.165, 1.54) is 24.0 Å². The fourth-order valence-electron chi connectivity index (χ4n) is 8.72. The number of anilines is 2. The fraction of sp³-hybridized carbons (Fsp3) is 0.388. The van der Waals surface area contributed by atoms with Crippen LogP contribution in [0.15, 0.2) is 97.1 Å². The number of hydrogen-bond acceptors (Lipinski definition) is 11. The van der Waals surface area contributed by atoms with Gasteiger partial charge in [-0.3, -0.25) is 19.2 Å². The van der Waals surface area contributed by atoms with Crippen LogP contribution in [0.3, 0.4) is 0 Å². The number of nitrogens with one attached hydrogen (secondary N) is 4. The summed E-state index contributed by atoms with van der Waals surface area (Å²) in [6.07, 6.45) is 0.540. The summed E-state index contributed by atoms with van der Waals surface area (Å²) in [4.78, 5) is 83.8. The number of ether oxygens (including phenoxy) is 5. The number of hydrogen-bond donors (Lipinski definition) is 4. The van der Waals surface area contributed by atoms with E-state index in [1.54, 1.807) is 55.6 Å². The van der Waals surface area contributed by atoms with E-state index in [2.05, 4.69) is 25.8 Å². The summed E-state index contributed by atoms with van der Waals surface area (Å²) in [5.74, 6) is -1.57. The number of aromatic nitrogens is 1. The second-order valence-corrected chi connectivity index (χ2v) is 16.2. The van der Waals surface area contributed by atoms with Gasteiger partial charge in [-0.2, -0.15) is 0 Å². The summed E-state index contributed by atoms with van der Waals surface area (Å²) in [6, 6.07) is 25.2. The molecular formula is C49H57N7O11. The van der Waals surface area contributed by atoms with E-state index >= 15 is 0 Å². The number of alkyl carbamates (subject to hydrolysis) is 2. The molecular weight excluding hydrogens is 863 g/mol. The lowest BCUT2D eigenvalue weighted by molar-refractivity contribution is -0.138. The lowest BCUT2D eigenvalue weighted by Gasteiger charge is -2.28. The monoisotopic (exact) mass is 919 g/mol. The van der Waals surface area contributed by atoms with Gasteiger partial charge in [0, 0.05) is 48.9 Å². The summed E-state index contributed by atoms with van der Waals surface area (Å²) in [5, 5.41) is 13.1. The van der Waals surface area contributed by atoms with Crippen LogP contribution in [0, 0.1) is 0 Å². The minimum Gasteiger partial charge on any atom is -0.453 e. The van der Waals surface area contributed by atoms with Crippen molar-refractivity contribution in [3.63, 3.8) is 0 Å². The third-order valence-electron chi connectivity index (χ3n) is 12.0. The van der Waals surface area contributed by atoms with Crippen molar-refractivity contribution >= 4 is 69.0 Å². The third-order valence-corrected chi connectivity index (χ3v) is 12.0. The van der Waals surface area contributed by atoms with Gasteiger partial charge in [-0.15, -0.1) is 0 Å². The van der Waals surface area contributed by atoms with E-state index in [4.69, 9.17) is 23.7 Å². The first-order valence-electron chi connectivity index (χ1n) is 22.3. The van der Waals surface area contributed by atoms with E-state index < -0.39 is 48.2 Å². The molecule has 0 spiro atoms. The van der Waals surface area contributed by atoms with Gasteiger partial charge >= 0.3 is 12.2 Å². The van der Waals surface area contributed by atoms with Crippen LogP contribution in [0.2, 0.25) is 0 Å². The van der Waals surface area contributed by atoms with Gasteiger partial charge in [-0.25, -0.2) is 9.59 Å². The largest absolute Gasteiger partial charge is 0.453 e. The lowest BCUT2D eigenvalue weighted by Crippen LogP contribution is -2.48. The summed E-state index contributed by atoms with van der Waals surface area (Å²) in [5.41, 5.74) is 3.72. The van der Waals surface area contributed by atoms with Crippen LogP contribution >= 0.6 is 0 Å². The molecule has 2 aliphatic rings. The van der Waals surface area contributed by atoms with Crippen molar-refractivity contribution in [1.29, 1.82) is 0 Å². The molecule has 1 aromatic heterocycles. The Morgan fingerprint density at radius 2 is 1.00 bits per heavy atom. The SMILES string of the molecule is COCCOCCOCCn1c2cc(NC(=O)[C@@H]3CCCN3C(=O)[C@H](NC(=O)OC)c3ccccc3)ccc2c2ccc(NC(=O)[C@@H]3CCCN3C(=O)[C@H](NC(=O)OC)c3ccccc3)cc21. The number of rotatable bonds is 19. The topological polar surface area (TPSA) is 208 Å². The number of likely N-dealkylation sites (tertiary alicyclic amines) is 2. The lowest BCUT2D eigenvalue weighted by atomic mass is 10.0. The van der Waals surface area contributed by atoms with Crippen LogP contribution < -0.4 is 21.3 Å². The van der Waals surface area contributed by atoms with Crippen LogP contribution in [-0.4, -0.2) is 130 Å². The molecule has 0 radical (unpaired) electrons. The van der Waals surface area contributed by atoms with Crippen molar-refractivity contribution in [3.05, 3.63) is 108 Å².